The monoisotopic (exact) mass is 213 g/mol. The Hall–Kier alpha value is -0.380. The summed E-state index contributed by atoms with van der Waals surface area (Å²) in [6.07, 6.45) is 1.97. The standard InChI is InChI=1S/C11H19NOS/c1-10(12(2)5-3-6-13)8-11-4-7-14-9-11/h4,7,9-10,13H,3,5-6,8H2,1-2H3. The molecule has 0 fully saturated rings. The fourth-order valence-corrected chi connectivity index (χ4v) is 2.13. The molecule has 0 saturated carbocycles. The van der Waals surface area contributed by atoms with Gasteiger partial charge in [-0.2, -0.15) is 11.3 Å². The number of hydrogen-bond donors (Lipinski definition) is 1. The third-order valence-corrected chi connectivity index (χ3v) is 3.26. The SMILES string of the molecule is CC(Cc1ccsc1)N(C)CCCO. The fourth-order valence-electron chi connectivity index (χ4n) is 1.45. The Morgan fingerprint density at radius 1 is 1.57 bits per heavy atom. The summed E-state index contributed by atoms with van der Waals surface area (Å²) in [6.45, 7) is 3.49. The first-order chi connectivity index (χ1) is 6.74. The molecule has 0 radical (unpaired) electrons. The molecule has 1 rings (SSSR count). The maximum absolute atomic E-state index is 8.73. The van der Waals surface area contributed by atoms with E-state index in [-0.39, 0.29) is 6.61 Å². The zero-order valence-electron chi connectivity index (χ0n) is 8.94. The van der Waals surface area contributed by atoms with Gasteiger partial charge in [-0.05, 0) is 49.2 Å². The van der Waals surface area contributed by atoms with E-state index in [2.05, 4.69) is 35.7 Å². The van der Waals surface area contributed by atoms with Crippen LogP contribution in [0.25, 0.3) is 0 Å². The van der Waals surface area contributed by atoms with Gasteiger partial charge in [0.15, 0.2) is 0 Å². The first kappa shape index (κ1) is 11.7. The van der Waals surface area contributed by atoms with Gasteiger partial charge in [-0.1, -0.05) is 0 Å². The summed E-state index contributed by atoms with van der Waals surface area (Å²) in [7, 11) is 2.12. The molecule has 1 atom stereocenters. The number of nitrogens with zero attached hydrogens (tertiary/aromatic N) is 1. The normalized spacial score (nSPS) is 13.4. The van der Waals surface area contributed by atoms with Crippen LogP contribution in [-0.2, 0) is 6.42 Å². The van der Waals surface area contributed by atoms with Gasteiger partial charge in [0.2, 0.25) is 0 Å². The van der Waals surface area contributed by atoms with E-state index >= 15 is 0 Å². The van der Waals surface area contributed by atoms with Gasteiger partial charge < -0.3 is 10.0 Å². The lowest BCUT2D eigenvalue weighted by molar-refractivity contribution is 0.214. The maximum Gasteiger partial charge on any atom is 0.0443 e. The van der Waals surface area contributed by atoms with Gasteiger partial charge in [-0.25, -0.2) is 0 Å². The van der Waals surface area contributed by atoms with Crippen LogP contribution in [-0.4, -0.2) is 36.2 Å². The average Bonchev–Trinajstić information content (AvgIpc) is 2.66. The van der Waals surface area contributed by atoms with Gasteiger partial charge in [0, 0.05) is 19.2 Å². The van der Waals surface area contributed by atoms with Crippen molar-refractivity contribution in [2.24, 2.45) is 0 Å². The molecule has 0 saturated heterocycles. The molecule has 0 aliphatic carbocycles. The molecule has 1 unspecified atom stereocenters. The molecule has 2 nitrogen and oxygen atoms in total. The van der Waals surface area contributed by atoms with Gasteiger partial charge in [0.1, 0.15) is 0 Å². The largest absolute Gasteiger partial charge is 0.396 e. The highest BCUT2D eigenvalue weighted by atomic mass is 32.1. The Labute approximate surface area is 90.2 Å². The molecule has 80 valence electrons. The van der Waals surface area contributed by atoms with Crippen molar-refractivity contribution in [1.82, 2.24) is 4.90 Å². The van der Waals surface area contributed by atoms with Crippen LogP contribution < -0.4 is 0 Å². The molecule has 1 aromatic rings. The molecule has 0 aromatic carbocycles. The molecule has 1 N–H and O–H groups in total. The molecule has 1 aromatic heterocycles. The lowest BCUT2D eigenvalue weighted by Crippen LogP contribution is -2.32. The second-order valence-corrected chi connectivity index (χ2v) is 4.52. The molecular weight excluding hydrogens is 194 g/mol. The molecule has 1 heterocycles. The van der Waals surface area contributed by atoms with E-state index in [1.807, 2.05) is 0 Å². The van der Waals surface area contributed by atoms with E-state index in [0.717, 1.165) is 19.4 Å². The van der Waals surface area contributed by atoms with Crippen molar-refractivity contribution < 1.29 is 5.11 Å². The van der Waals surface area contributed by atoms with Crippen molar-refractivity contribution in [3.8, 4) is 0 Å². The number of rotatable bonds is 6. The molecule has 14 heavy (non-hydrogen) atoms. The lowest BCUT2D eigenvalue weighted by atomic mass is 10.1. The van der Waals surface area contributed by atoms with Crippen LogP contribution in [0.4, 0.5) is 0 Å². The summed E-state index contributed by atoms with van der Waals surface area (Å²) in [5, 5.41) is 13.1. The Balaban J connectivity index is 2.30. The topological polar surface area (TPSA) is 23.5 Å². The Morgan fingerprint density at radius 2 is 2.36 bits per heavy atom. The predicted molar refractivity (Wildman–Crippen MR) is 61.8 cm³/mol. The molecule has 0 aliphatic rings. The Bertz CT molecular complexity index is 235. The minimum Gasteiger partial charge on any atom is -0.396 e. The van der Waals surface area contributed by atoms with Gasteiger partial charge >= 0.3 is 0 Å². The van der Waals surface area contributed by atoms with E-state index in [1.165, 1.54) is 5.56 Å². The minimum absolute atomic E-state index is 0.287. The number of aliphatic hydroxyl groups is 1. The van der Waals surface area contributed by atoms with Crippen molar-refractivity contribution in [3.63, 3.8) is 0 Å². The summed E-state index contributed by atoms with van der Waals surface area (Å²) in [5.41, 5.74) is 1.42. The van der Waals surface area contributed by atoms with Gasteiger partial charge in [-0.15, -0.1) is 0 Å². The van der Waals surface area contributed by atoms with E-state index < -0.39 is 0 Å². The first-order valence-electron chi connectivity index (χ1n) is 5.06. The highest BCUT2D eigenvalue weighted by Gasteiger charge is 2.09. The van der Waals surface area contributed by atoms with Gasteiger partial charge in [0.05, 0.1) is 0 Å². The van der Waals surface area contributed by atoms with Crippen LogP contribution in [0.2, 0.25) is 0 Å². The molecule has 0 bridgehead atoms. The number of thiophene rings is 1. The summed E-state index contributed by atoms with van der Waals surface area (Å²) < 4.78 is 0. The molecular formula is C11H19NOS. The van der Waals surface area contributed by atoms with Crippen molar-refractivity contribution in [1.29, 1.82) is 0 Å². The zero-order valence-corrected chi connectivity index (χ0v) is 9.76. The fraction of sp³-hybridized carbons (Fsp3) is 0.636. The van der Waals surface area contributed by atoms with Crippen molar-refractivity contribution in [2.75, 3.05) is 20.2 Å². The Kier molecular flexibility index (Phi) is 5.15. The third-order valence-electron chi connectivity index (χ3n) is 2.53. The molecule has 0 spiro atoms. The molecule has 0 amide bonds. The lowest BCUT2D eigenvalue weighted by Gasteiger charge is -2.23. The highest BCUT2D eigenvalue weighted by Crippen LogP contribution is 2.11. The first-order valence-corrected chi connectivity index (χ1v) is 6.00. The van der Waals surface area contributed by atoms with Crippen LogP contribution in [0.1, 0.15) is 18.9 Å². The summed E-state index contributed by atoms with van der Waals surface area (Å²) in [4.78, 5) is 2.30. The smallest absolute Gasteiger partial charge is 0.0443 e. The van der Waals surface area contributed by atoms with Crippen molar-refractivity contribution >= 4 is 11.3 Å². The zero-order chi connectivity index (χ0) is 10.4. The van der Waals surface area contributed by atoms with Crippen LogP contribution in [0.3, 0.4) is 0 Å². The quantitative estimate of drug-likeness (QED) is 0.781. The average molecular weight is 213 g/mol. The summed E-state index contributed by atoms with van der Waals surface area (Å²) in [6, 6.07) is 2.73. The van der Waals surface area contributed by atoms with E-state index in [1.54, 1.807) is 11.3 Å². The van der Waals surface area contributed by atoms with Crippen LogP contribution in [0, 0.1) is 0 Å². The molecule has 3 heteroatoms. The van der Waals surface area contributed by atoms with Crippen molar-refractivity contribution in [2.45, 2.75) is 25.8 Å². The second-order valence-electron chi connectivity index (χ2n) is 3.74. The number of hydrogen-bond acceptors (Lipinski definition) is 3. The van der Waals surface area contributed by atoms with E-state index in [4.69, 9.17) is 5.11 Å². The van der Waals surface area contributed by atoms with Gasteiger partial charge in [0.25, 0.3) is 0 Å². The summed E-state index contributed by atoms with van der Waals surface area (Å²) in [5.74, 6) is 0. The van der Waals surface area contributed by atoms with Crippen LogP contribution in [0.5, 0.6) is 0 Å². The predicted octanol–water partition coefficient (Wildman–Crippen LogP) is 1.99. The third kappa shape index (κ3) is 3.78. The summed E-state index contributed by atoms with van der Waals surface area (Å²) >= 11 is 1.75. The number of likely N-dealkylation sites (N-methyl/N-ethyl adjacent to an activating group) is 1. The van der Waals surface area contributed by atoms with Crippen LogP contribution >= 0.6 is 11.3 Å². The van der Waals surface area contributed by atoms with Crippen LogP contribution in [0.15, 0.2) is 16.8 Å². The number of aliphatic hydroxyl groups excluding tert-OH is 1. The maximum atomic E-state index is 8.73. The molecule has 0 aliphatic heterocycles. The van der Waals surface area contributed by atoms with Gasteiger partial charge in [-0.3, -0.25) is 0 Å². The Morgan fingerprint density at radius 3 is 2.93 bits per heavy atom. The van der Waals surface area contributed by atoms with E-state index in [0.29, 0.717) is 6.04 Å². The second kappa shape index (κ2) is 6.17. The minimum atomic E-state index is 0.287. The van der Waals surface area contributed by atoms with E-state index in [9.17, 15) is 0 Å². The van der Waals surface area contributed by atoms with Crippen molar-refractivity contribution in [3.05, 3.63) is 22.4 Å². The highest BCUT2D eigenvalue weighted by molar-refractivity contribution is 7.07.